The van der Waals surface area contributed by atoms with Gasteiger partial charge in [-0.05, 0) is 54.3 Å². The molecule has 1 fully saturated rings. The molecule has 4 aromatic carbocycles. The minimum atomic E-state index is -1.31. The van der Waals surface area contributed by atoms with Crippen LogP contribution in [0.2, 0.25) is 0 Å². The number of rotatable bonds is 5. The van der Waals surface area contributed by atoms with Crippen molar-refractivity contribution < 1.29 is 23.9 Å². The Morgan fingerprint density at radius 3 is 1.70 bits per heavy atom. The molecule has 0 aromatic heterocycles. The number of imide groups is 1. The lowest BCUT2D eigenvalue weighted by Crippen LogP contribution is -2.57. The van der Waals surface area contributed by atoms with Gasteiger partial charge in [0.2, 0.25) is 17.6 Å². The summed E-state index contributed by atoms with van der Waals surface area (Å²) in [7, 11) is 0. The van der Waals surface area contributed by atoms with Crippen LogP contribution in [0.1, 0.15) is 55.5 Å². The Morgan fingerprint density at radius 2 is 1.21 bits per heavy atom. The smallest absolute Gasteiger partial charge is 0.338 e. The molecule has 0 spiro atoms. The van der Waals surface area contributed by atoms with Crippen LogP contribution in [0.15, 0.2) is 97.1 Å². The van der Waals surface area contributed by atoms with Crippen molar-refractivity contribution in [2.24, 2.45) is 11.8 Å². The second-order valence-corrected chi connectivity index (χ2v) is 12.5. The molecule has 3 atom stereocenters. The molecule has 1 saturated heterocycles. The number of alkyl halides is 2. The third-order valence-electron chi connectivity index (χ3n) is 8.91. The minimum absolute atomic E-state index is 0.0900. The molecule has 0 saturated carbocycles. The number of hydrogen-bond donors (Lipinski definition) is 0. The molecule has 0 radical (unpaired) electrons. The van der Waals surface area contributed by atoms with Crippen molar-refractivity contribution >= 4 is 52.5 Å². The van der Waals surface area contributed by atoms with Gasteiger partial charge >= 0.3 is 5.97 Å². The maximum Gasteiger partial charge on any atom is 0.338 e. The number of Topliss-reactive ketones (excluding diaryl/α,β-unsaturated/α-hetero) is 1. The molecule has 3 aliphatic carbocycles. The number of anilines is 1. The first-order chi connectivity index (χ1) is 20.6. The maximum atomic E-state index is 14.2. The highest BCUT2D eigenvalue weighted by atomic mass is 35.5. The van der Waals surface area contributed by atoms with Crippen molar-refractivity contribution in [3.63, 3.8) is 0 Å². The number of halogens is 2. The van der Waals surface area contributed by atoms with Crippen molar-refractivity contribution in [1.29, 1.82) is 0 Å². The average Bonchev–Trinajstić information content (AvgIpc) is 3.30. The second-order valence-electron chi connectivity index (χ2n) is 11.3. The molecular weight excluding hydrogens is 585 g/mol. The molecule has 0 N–H and O–H groups in total. The van der Waals surface area contributed by atoms with E-state index in [4.69, 9.17) is 27.9 Å². The van der Waals surface area contributed by atoms with Crippen LogP contribution in [0.25, 0.3) is 0 Å². The zero-order chi connectivity index (χ0) is 30.3. The number of amides is 2. The van der Waals surface area contributed by atoms with Gasteiger partial charge in [-0.1, -0.05) is 84.4 Å². The number of aryl methyl sites for hydroxylation is 1. The Labute approximate surface area is 258 Å². The highest BCUT2D eigenvalue weighted by Crippen LogP contribution is 2.69. The van der Waals surface area contributed by atoms with E-state index in [0.29, 0.717) is 27.8 Å². The van der Waals surface area contributed by atoms with Crippen molar-refractivity contribution in [2.75, 3.05) is 4.90 Å². The number of carbonyl (C=O) groups excluding carboxylic acids is 4. The first-order valence-corrected chi connectivity index (χ1v) is 14.7. The fourth-order valence-corrected chi connectivity index (χ4v) is 8.03. The van der Waals surface area contributed by atoms with Crippen LogP contribution in [0.5, 0.6) is 0 Å². The van der Waals surface area contributed by atoms with Crippen molar-refractivity contribution in [2.45, 2.75) is 29.7 Å². The summed E-state index contributed by atoms with van der Waals surface area (Å²) in [6, 6.07) is 27.9. The van der Waals surface area contributed by atoms with Gasteiger partial charge in [0.1, 0.15) is 9.75 Å². The summed E-state index contributed by atoms with van der Waals surface area (Å²) in [6.07, 6.45) is -1.04. The Morgan fingerprint density at radius 1 is 0.721 bits per heavy atom. The number of nitrogens with zero attached hydrogens (tertiary/aromatic N) is 1. The number of carbonyl (C=O) groups is 4. The van der Waals surface area contributed by atoms with Gasteiger partial charge in [-0.15, -0.1) is 23.2 Å². The lowest BCUT2D eigenvalue weighted by molar-refractivity contribution is -0.122. The molecule has 8 heteroatoms. The summed E-state index contributed by atoms with van der Waals surface area (Å²) >= 11 is 15.0. The van der Waals surface area contributed by atoms with E-state index in [-0.39, 0.29) is 17.0 Å². The molecule has 2 amide bonds. The molecule has 1 heterocycles. The van der Waals surface area contributed by atoms with E-state index in [9.17, 15) is 19.2 Å². The molecule has 4 aromatic rings. The van der Waals surface area contributed by atoms with E-state index in [1.54, 1.807) is 24.3 Å². The quantitative estimate of drug-likeness (QED) is 0.111. The van der Waals surface area contributed by atoms with Gasteiger partial charge in [-0.3, -0.25) is 14.4 Å². The number of ether oxygens (including phenoxy) is 1. The monoisotopic (exact) mass is 609 g/mol. The minimum Gasteiger partial charge on any atom is -0.451 e. The Balaban J connectivity index is 1.23. The first-order valence-electron chi connectivity index (χ1n) is 14.0. The Bertz CT molecular complexity index is 1740. The third-order valence-corrected chi connectivity index (χ3v) is 10.2. The number of hydrogen-bond acceptors (Lipinski definition) is 5. The van der Waals surface area contributed by atoms with E-state index in [0.717, 1.165) is 10.5 Å². The van der Waals surface area contributed by atoms with Crippen LogP contribution in [0, 0.1) is 18.8 Å². The highest BCUT2D eigenvalue weighted by molar-refractivity contribution is 6.38. The summed E-state index contributed by atoms with van der Waals surface area (Å²) in [4.78, 5) is 52.9. The summed E-state index contributed by atoms with van der Waals surface area (Å²) in [5.41, 5.74) is 4.55. The van der Waals surface area contributed by atoms with Gasteiger partial charge in [0.25, 0.3) is 0 Å². The van der Waals surface area contributed by atoms with Crippen molar-refractivity contribution in [1.82, 2.24) is 0 Å². The highest BCUT2D eigenvalue weighted by Gasteiger charge is 2.73. The van der Waals surface area contributed by atoms with Crippen LogP contribution in [-0.2, 0) is 24.1 Å². The lowest BCUT2D eigenvalue weighted by Gasteiger charge is -2.54. The van der Waals surface area contributed by atoms with Gasteiger partial charge in [0.05, 0.1) is 23.1 Å². The van der Waals surface area contributed by atoms with E-state index in [2.05, 4.69) is 0 Å². The predicted molar refractivity (Wildman–Crippen MR) is 162 cm³/mol. The van der Waals surface area contributed by atoms with Crippen LogP contribution < -0.4 is 4.90 Å². The maximum absolute atomic E-state index is 14.2. The fourth-order valence-electron chi connectivity index (χ4n) is 6.93. The van der Waals surface area contributed by atoms with Crippen molar-refractivity contribution in [3.05, 3.63) is 136 Å². The zero-order valence-electron chi connectivity index (χ0n) is 23.2. The average molecular weight is 610 g/mol. The molecule has 6 nitrogen and oxygen atoms in total. The molecule has 2 bridgehead atoms. The summed E-state index contributed by atoms with van der Waals surface area (Å²) < 4.78 is 5.49. The van der Waals surface area contributed by atoms with Gasteiger partial charge in [0, 0.05) is 5.56 Å². The predicted octanol–water partition coefficient (Wildman–Crippen LogP) is 6.52. The Hall–Kier alpha value is -4.26. The number of benzene rings is 4. The van der Waals surface area contributed by atoms with Crippen LogP contribution in [0.3, 0.4) is 0 Å². The molecule has 4 aliphatic rings. The fraction of sp³-hybridized carbons (Fsp3) is 0.200. The molecule has 8 rings (SSSR count). The SMILES string of the molecule is Cc1ccc(C(=O)[C@@H](C)OC(=O)c2cccc(N3C(=O)[C@@H]4[C@H](C3=O)C3(Cl)c5ccccc5C4(Cl)c4ccccc43)c2)cc1. The van der Waals surface area contributed by atoms with Gasteiger partial charge in [-0.2, -0.15) is 0 Å². The number of ketones is 1. The lowest BCUT2D eigenvalue weighted by atomic mass is 9.54. The van der Waals surface area contributed by atoms with E-state index < -0.39 is 45.5 Å². The molecule has 1 aliphatic heterocycles. The molecule has 0 unspecified atom stereocenters. The van der Waals surface area contributed by atoms with E-state index >= 15 is 0 Å². The Kier molecular flexibility index (Phi) is 6.17. The van der Waals surface area contributed by atoms with E-state index in [1.807, 2.05) is 67.6 Å². The van der Waals surface area contributed by atoms with Gasteiger partial charge in [-0.25, -0.2) is 9.69 Å². The molecule has 43 heavy (non-hydrogen) atoms. The summed E-state index contributed by atoms with van der Waals surface area (Å²) in [6.45, 7) is 3.42. The van der Waals surface area contributed by atoms with Gasteiger partial charge < -0.3 is 4.74 Å². The first kappa shape index (κ1) is 27.6. The van der Waals surface area contributed by atoms with E-state index in [1.165, 1.54) is 19.1 Å². The second kappa shape index (κ2) is 9.63. The van der Waals surface area contributed by atoms with Crippen molar-refractivity contribution in [3.8, 4) is 0 Å². The summed E-state index contributed by atoms with van der Waals surface area (Å²) in [5, 5.41) is 0. The normalized spacial score (nSPS) is 25.5. The molecular formula is C35H25Cl2NO5. The van der Waals surface area contributed by atoms with Crippen LogP contribution in [-0.4, -0.2) is 29.7 Å². The third kappa shape index (κ3) is 3.73. The number of esters is 1. The molecule has 214 valence electrons. The largest absolute Gasteiger partial charge is 0.451 e. The van der Waals surface area contributed by atoms with Crippen LogP contribution >= 0.6 is 23.2 Å². The van der Waals surface area contributed by atoms with Crippen LogP contribution in [0.4, 0.5) is 5.69 Å². The topological polar surface area (TPSA) is 80.8 Å². The standard InChI is InChI=1S/C35H25Cl2NO5/c1-19-14-16-21(17-15-19)30(39)20(2)43-33(42)22-8-7-9-23(18-22)38-31(40)28-29(32(38)41)35(37)25-11-4-3-10-24(25)34(28,36)26-12-5-6-13-27(26)35/h3-18,20,28-29H,1-2H3/t20-,28-,29+,34?,35?/m1/s1. The zero-order valence-corrected chi connectivity index (χ0v) is 24.7. The summed E-state index contributed by atoms with van der Waals surface area (Å²) in [5.74, 6) is -4.01. The van der Waals surface area contributed by atoms with Gasteiger partial charge in [0.15, 0.2) is 6.10 Å².